The summed E-state index contributed by atoms with van der Waals surface area (Å²) in [7, 11) is 2.01. The first-order valence-corrected chi connectivity index (χ1v) is 6.72. The Labute approximate surface area is 102 Å². The second-order valence-electron chi connectivity index (χ2n) is 4.21. The van der Waals surface area contributed by atoms with Crippen LogP contribution in [0.3, 0.4) is 0 Å². The SMILES string of the molecule is CNCCC(C)CCc1cc(C)c(Cl)s1. The molecule has 0 saturated carbocycles. The summed E-state index contributed by atoms with van der Waals surface area (Å²) in [4.78, 5) is 1.42. The molecule has 0 aliphatic rings. The Kier molecular flexibility index (Phi) is 5.65. The van der Waals surface area contributed by atoms with Crippen LogP contribution in [0.2, 0.25) is 4.34 Å². The summed E-state index contributed by atoms with van der Waals surface area (Å²) in [6.45, 7) is 5.51. The van der Waals surface area contributed by atoms with Gasteiger partial charge in [0.05, 0.1) is 4.34 Å². The first-order chi connectivity index (χ1) is 7.13. The smallest absolute Gasteiger partial charge is 0.0960 e. The molecule has 0 aliphatic heterocycles. The fourth-order valence-corrected chi connectivity index (χ4v) is 2.83. The molecule has 15 heavy (non-hydrogen) atoms. The van der Waals surface area contributed by atoms with Crippen molar-refractivity contribution in [2.75, 3.05) is 13.6 Å². The Bertz CT molecular complexity index is 276. The van der Waals surface area contributed by atoms with E-state index >= 15 is 0 Å². The van der Waals surface area contributed by atoms with Crippen LogP contribution in [0.4, 0.5) is 0 Å². The number of hydrogen-bond acceptors (Lipinski definition) is 2. The molecule has 0 aromatic carbocycles. The van der Waals surface area contributed by atoms with Gasteiger partial charge in [0.1, 0.15) is 0 Å². The van der Waals surface area contributed by atoms with E-state index in [0.29, 0.717) is 0 Å². The number of aryl methyl sites for hydroxylation is 2. The maximum absolute atomic E-state index is 6.04. The predicted octanol–water partition coefficient (Wildman–Crippen LogP) is 3.89. The van der Waals surface area contributed by atoms with Crippen LogP contribution in [-0.4, -0.2) is 13.6 Å². The van der Waals surface area contributed by atoms with E-state index in [9.17, 15) is 0 Å². The Balaban J connectivity index is 2.30. The van der Waals surface area contributed by atoms with E-state index in [1.54, 1.807) is 11.3 Å². The molecule has 0 aliphatic carbocycles. The average molecular weight is 246 g/mol. The molecular formula is C12H20ClNS. The van der Waals surface area contributed by atoms with Gasteiger partial charge in [-0.15, -0.1) is 11.3 Å². The molecule has 0 spiro atoms. The molecule has 1 aromatic rings. The lowest BCUT2D eigenvalue weighted by atomic mass is 10.0. The van der Waals surface area contributed by atoms with E-state index in [1.165, 1.54) is 29.7 Å². The molecule has 1 nitrogen and oxygen atoms in total. The van der Waals surface area contributed by atoms with Crippen LogP contribution >= 0.6 is 22.9 Å². The van der Waals surface area contributed by atoms with Crippen molar-refractivity contribution in [2.24, 2.45) is 5.92 Å². The highest BCUT2D eigenvalue weighted by Gasteiger charge is 2.06. The molecule has 1 heterocycles. The van der Waals surface area contributed by atoms with Crippen LogP contribution in [0, 0.1) is 12.8 Å². The van der Waals surface area contributed by atoms with Crippen LogP contribution in [0.5, 0.6) is 0 Å². The first-order valence-electron chi connectivity index (χ1n) is 5.53. The zero-order valence-electron chi connectivity index (χ0n) is 9.77. The van der Waals surface area contributed by atoms with Gasteiger partial charge in [0.2, 0.25) is 0 Å². The highest BCUT2D eigenvalue weighted by Crippen LogP contribution is 2.28. The van der Waals surface area contributed by atoms with E-state index < -0.39 is 0 Å². The standard InChI is InChI=1S/C12H20ClNS/c1-9(6-7-14-3)4-5-11-8-10(2)12(13)15-11/h8-9,14H,4-7H2,1-3H3. The normalized spacial score (nSPS) is 13.1. The Morgan fingerprint density at radius 3 is 2.73 bits per heavy atom. The summed E-state index contributed by atoms with van der Waals surface area (Å²) in [5.74, 6) is 0.790. The van der Waals surface area contributed by atoms with Gasteiger partial charge in [0.15, 0.2) is 0 Å². The summed E-state index contributed by atoms with van der Waals surface area (Å²) in [5, 5.41) is 3.19. The maximum atomic E-state index is 6.04. The van der Waals surface area contributed by atoms with Crippen molar-refractivity contribution in [2.45, 2.75) is 33.1 Å². The summed E-state index contributed by atoms with van der Waals surface area (Å²) >= 11 is 7.77. The summed E-state index contributed by atoms with van der Waals surface area (Å²) in [5.41, 5.74) is 1.22. The largest absolute Gasteiger partial charge is 0.320 e. The zero-order valence-corrected chi connectivity index (χ0v) is 11.3. The predicted molar refractivity (Wildman–Crippen MR) is 70.1 cm³/mol. The van der Waals surface area contributed by atoms with E-state index in [2.05, 4.69) is 25.2 Å². The highest BCUT2D eigenvalue weighted by molar-refractivity contribution is 7.16. The fourth-order valence-electron chi connectivity index (χ4n) is 1.57. The molecule has 0 fully saturated rings. The van der Waals surface area contributed by atoms with E-state index in [1.807, 2.05) is 7.05 Å². The van der Waals surface area contributed by atoms with Gasteiger partial charge in [-0.05, 0) is 57.3 Å². The van der Waals surface area contributed by atoms with Crippen molar-refractivity contribution in [3.8, 4) is 0 Å². The molecule has 1 rings (SSSR count). The third kappa shape index (κ3) is 4.54. The van der Waals surface area contributed by atoms with Gasteiger partial charge < -0.3 is 5.32 Å². The Morgan fingerprint density at radius 1 is 1.47 bits per heavy atom. The van der Waals surface area contributed by atoms with Gasteiger partial charge in [0, 0.05) is 4.88 Å². The third-order valence-corrected chi connectivity index (χ3v) is 4.29. The van der Waals surface area contributed by atoms with Crippen molar-refractivity contribution >= 4 is 22.9 Å². The topological polar surface area (TPSA) is 12.0 Å². The molecule has 3 heteroatoms. The van der Waals surface area contributed by atoms with Gasteiger partial charge in [-0.3, -0.25) is 0 Å². The van der Waals surface area contributed by atoms with Crippen LogP contribution in [0.15, 0.2) is 6.07 Å². The molecule has 1 aromatic heterocycles. The molecule has 1 N–H and O–H groups in total. The Morgan fingerprint density at radius 2 is 2.20 bits per heavy atom. The molecule has 0 amide bonds. The number of halogens is 1. The van der Waals surface area contributed by atoms with Crippen molar-refractivity contribution in [3.05, 3.63) is 20.8 Å². The van der Waals surface area contributed by atoms with Gasteiger partial charge in [-0.25, -0.2) is 0 Å². The second kappa shape index (κ2) is 6.51. The number of rotatable bonds is 6. The van der Waals surface area contributed by atoms with Crippen molar-refractivity contribution in [1.82, 2.24) is 5.32 Å². The van der Waals surface area contributed by atoms with Gasteiger partial charge in [-0.1, -0.05) is 18.5 Å². The lowest BCUT2D eigenvalue weighted by Gasteiger charge is -2.09. The van der Waals surface area contributed by atoms with Crippen molar-refractivity contribution < 1.29 is 0 Å². The number of thiophene rings is 1. The first kappa shape index (κ1) is 13.0. The monoisotopic (exact) mass is 245 g/mol. The molecule has 0 radical (unpaired) electrons. The number of hydrogen-bond donors (Lipinski definition) is 1. The van der Waals surface area contributed by atoms with Crippen LogP contribution in [-0.2, 0) is 6.42 Å². The molecule has 0 saturated heterocycles. The third-order valence-electron chi connectivity index (χ3n) is 2.68. The highest BCUT2D eigenvalue weighted by atomic mass is 35.5. The van der Waals surface area contributed by atoms with Gasteiger partial charge in [-0.2, -0.15) is 0 Å². The lowest BCUT2D eigenvalue weighted by Crippen LogP contribution is -2.11. The molecule has 86 valence electrons. The molecular weight excluding hydrogens is 226 g/mol. The van der Waals surface area contributed by atoms with E-state index in [4.69, 9.17) is 11.6 Å². The molecule has 1 unspecified atom stereocenters. The summed E-state index contributed by atoms with van der Waals surface area (Å²) in [6, 6.07) is 2.22. The minimum Gasteiger partial charge on any atom is -0.320 e. The quantitative estimate of drug-likeness (QED) is 0.802. The zero-order chi connectivity index (χ0) is 11.3. The molecule has 1 atom stereocenters. The van der Waals surface area contributed by atoms with E-state index in [-0.39, 0.29) is 0 Å². The Hall–Kier alpha value is -0.0500. The maximum Gasteiger partial charge on any atom is 0.0960 e. The average Bonchev–Trinajstić information content (AvgIpc) is 2.52. The minimum atomic E-state index is 0.790. The molecule has 0 bridgehead atoms. The second-order valence-corrected chi connectivity index (χ2v) is 5.94. The summed E-state index contributed by atoms with van der Waals surface area (Å²) in [6.07, 6.45) is 3.69. The van der Waals surface area contributed by atoms with Crippen LogP contribution in [0.1, 0.15) is 30.2 Å². The lowest BCUT2D eigenvalue weighted by molar-refractivity contribution is 0.483. The van der Waals surface area contributed by atoms with E-state index in [0.717, 1.165) is 16.8 Å². The van der Waals surface area contributed by atoms with Crippen LogP contribution < -0.4 is 5.32 Å². The van der Waals surface area contributed by atoms with Crippen molar-refractivity contribution in [1.29, 1.82) is 0 Å². The number of nitrogens with one attached hydrogen (secondary N) is 1. The van der Waals surface area contributed by atoms with Crippen LogP contribution in [0.25, 0.3) is 0 Å². The van der Waals surface area contributed by atoms with Gasteiger partial charge >= 0.3 is 0 Å². The fraction of sp³-hybridized carbons (Fsp3) is 0.667. The summed E-state index contributed by atoms with van der Waals surface area (Å²) < 4.78 is 0.952. The minimum absolute atomic E-state index is 0.790. The van der Waals surface area contributed by atoms with Gasteiger partial charge in [0.25, 0.3) is 0 Å². The van der Waals surface area contributed by atoms with Crippen molar-refractivity contribution in [3.63, 3.8) is 0 Å².